The average Bonchev–Trinajstić information content (AvgIpc) is 3.28. The second-order valence-corrected chi connectivity index (χ2v) is 6.85. The number of nitrogens with zero attached hydrogens (tertiary/aromatic N) is 5. The third kappa shape index (κ3) is 3.38. The van der Waals surface area contributed by atoms with E-state index in [0.717, 1.165) is 16.9 Å². The van der Waals surface area contributed by atoms with Gasteiger partial charge in [-0.15, -0.1) is 5.10 Å². The van der Waals surface area contributed by atoms with Crippen LogP contribution in [0.1, 0.15) is 34.0 Å². The summed E-state index contributed by atoms with van der Waals surface area (Å²) in [6.07, 6.45) is 2.73. The van der Waals surface area contributed by atoms with Crippen molar-refractivity contribution in [3.05, 3.63) is 59.3 Å². The summed E-state index contributed by atoms with van der Waals surface area (Å²) in [6, 6.07) is 9.13. The highest BCUT2D eigenvalue weighted by Crippen LogP contribution is 2.23. The van der Waals surface area contributed by atoms with E-state index in [0.29, 0.717) is 25.2 Å². The van der Waals surface area contributed by atoms with Crippen molar-refractivity contribution in [2.75, 3.05) is 11.9 Å². The van der Waals surface area contributed by atoms with Gasteiger partial charge in [-0.3, -0.25) is 19.6 Å². The van der Waals surface area contributed by atoms with Gasteiger partial charge in [-0.2, -0.15) is 5.10 Å². The van der Waals surface area contributed by atoms with Gasteiger partial charge in [0.1, 0.15) is 17.7 Å². The lowest BCUT2D eigenvalue weighted by Gasteiger charge is -2.20. The average molecular weight is 379 g/mol. The van der Waals surface area contributed by atoms with Crippen molar-refractivity contribution in [2.24, 2.45) is 0 Å². The predicted octanol–water partition coefficient (Wildman–Crippen LogP) is 1.07. The summed E-state index contributed by atoms with van der Waals surface area (Å²) in [5, 5.41) is 13.8. The zero-order valence-electron chi connectivity index (χ0n) is 15.7. The molecule has 0 bridgehead atoms. The number of hydrogen-bond acceptors (Lipinski definition) is 5. The molecule has 9 nitrogen and oxygen atoms in total. The smallest absolute Gasteiger partial charge is 0.291 e. The van der Waals surface area contributed by atoms with Gasteiger partial charge in [0.15, 0.2) is 0 Å². The SMILES string of the molecule is Cc1cnn2c1N(C)C(=O)C(NC(=O)c1n[nH]c(Cc3ccccc3)n1)CC2. The number of aromatic nitrogens is 5. The van der Waals surface area contributed by atoms with Crippen LogP contribution in [0.5, 0.6) is 0 Å². The van der Waals surface area contributed by atoms with E-state index in [1.165, 1.54) is 0 Å². The third-order valence-electron chi connectivity index (χ3n) is 4.82. The first-order valence-corrected chi connectivity index (χ1v) is 9.09. The Balaban J connectivity index is 1.45. The molecule has 0 saturated heterocycles. The van der Waals surface area contributed by atoms with Gasteiger partial charge in [-0.05, 0) is 18.9 Å². The molecule has 0 fully saturated rings. The molecular formula is C19H21N7O2. The maximum atomic E-state index is 12.8. The van der Waals surface area contributed by atoms with Crippen molar-refractivity contribution in [3.63, 3.8) is 0 Å². The van der Waals surface area contributed by atoms with Crippen LogP contribution in [0, 0.1) is 6.92 Å². The normalized spacial score (nSPS) is 16.6. The molecule has 28 heavy (non-hydrogen) atoms. The van der Waals surface area contributed by atoms with Crippen molar-refractivity contribution < 1.29 is 9.59 Å². The van der Waals surface area contributed by atoms with Crippen LogP contribution in [-0.4, -0.2) is 49.9 Å². The van der Waals surface area contributed by atoms with Crippen molar-refractivity contribution >= 4 is 17.6 Å². The van der Waals surface area contributed by atoms with Crippen LogP contribution in [0.2, 0.25) is 0 Å². The molecule has 2 N–H and O–H groups in total. The van der Waals surface area contributed by atoms with E-state index in [1.807, 2.05) is 37.3 Å². The molecule has 1 aliphatic heterocycles. The number of aromatic amines is 1. The lowest BCUT2D eigenvalue weighted by atomic mass is 10.1. The Bertz CT molecular complexity index is 1010. The van der Waals surface area contributed by atoms with E-state index in [-0.39, 0.29) is 11.7 Å². The van der Waals surface area contributed by atoms with Crippen LogP contribution in [-0.2, 0) is 17.8 Å². The van der Waals surface area contributed by atoms with Crippen molar-refractivity contribution in [3.8, 4) is 0 Å². The lowest BCUT2D eigenvalue weighted by molar-refractivity contribution is -0.120. The maximum absolute atomic E-state index is 12.8. The minimum atomic E-state index is -0.658. The summed E-state index contributed by atoms with van der Waals surface area (Å²) in [4.78, 5) is 31.2. The van der Waals surface area contributed by atoms with Crippen LogP contribution in [0.15, 0.2) is 36.5 Å². The maximum Gasteiger partial charge on any atom is 0.291 e. The monoisotopic (exact) mass is 379 g/mol. The second kappa shape index (κ2) is 7.26. The number of aryl methyl sites for hydroxylation is 2. The zero-order valence-corrected chi connectivity index (χ0v) is 15.7. The standard InChI is InChI=1S/C19H21N7O2/c1-12-11-20-26-9-8-14(19(28)25(2)18(12)26)21-17(27)16-22-15(23-24-16)10-13-6-4-3-5-7-13/h3-7,11,14H,8-10H2,1-2H3,(H,21,27)(H,22,23,24). The Morgan fingerprint density at radius 3 is 2.89 bits per heavy atom. The highest BCUT2D eigenvalue weighted by atomic mass is 16.2. The van der Waals surface area contributed by atoms with Crippen LogP contribution in [0.25, 0.3) is 0 Å². The molecule has 144 valence electrons. The molecule has 1 aromatic carbocycles. The van der Waals surface area contributed by atoms with E-state index >= 15 is 0 Å². The Hall–Kier alpha value is -3.49. The molecule has 3 heterocycles. The number of nitrogens with one attached hydrogen (secondary N) is 2. The molecular weight excluding hydrogens is 358 g/mol. The molecule has 9 heteroatoms. The minimum Gasteiger partial charge on any atom is -0.337 e. The summed E-state index contributed by atoms with van der Waals surface area (Å²) in [7, 11) is 1.69. The molecule has 4 rings (SSSR count). The number of fused-ring (bicyclic) bond motifs is 1. The first-order chi connectivity index (χ1) is 13.5. The number of likely N-dealkylation sites (N-methyl/N-ethyl adjacent to an activating group) is 1. The van der Waals surface area contributed by atoms with Crippen molar-refractivity contribution in [1.82, 2.24) is 30.3 Å². The predicted molar refractivity (Wildman–Crippen MR) is 102 cm³/mol. The van der Waals surface area contributed by atoms with E-state index in [2.05, 4.69) is 25.6 Å². The molecule has 0 aliphatic carbocycles. The molecule has 2 aromatic heterocycles. The zero-order chi connectivity index (χ0) is 19.7. The van der Waals surface area contributed by atoms with E-state index in [9.17, 15) is 9.59 Å². The highest BCUT2D eigenvalue weighted by Gasteiger charge is 2.31. The highest BCUT2D eigenvalue weighted by molar-refractivity contribution is 6.01. The largest absolute Gasteiger partial charge is 0.337 e. The summed E-state index contributed by atoms with van der Waals surface area (Å²) in [6.45, 7) is 2.45. The molecule has 1 unspecified atom stereocenters. The van der Waals surface area contributed by atoms with Gasteiger partial charge < -0.3 is 5.32 Å². The van der Waals surface area contributed by atoms with Gasteiger partial charge in [0.2, 0.25) is 5.82 Å². The first kappa shape index (κ1) is 17.9. The first-order valence-electron chi connectivity index (χ1n) is 9.09. The topological polar surface area (TPSA) is 109 Å². The van der Waals surface area contributed by atoms with E-state index in [1.54, 1.807) is 22.8 Å². The number of carbonyl (C=O) groups excluding carboxylic acids is 2. The van der Waals surface area contributed by atoms with Crippen LogP contribution in [0.3, 0.4) is 0 Å². The van der Waals surface area contributed by atoms with Gasteiger partial charge in [-0.25, -0.2) is 9.67 Å². The molecule has 0 radical (unpaired) electrons. The second-order valence-electron chi connectivity index (χ2n) is 6.85. The number of H-pyrrole nitrogens is 1. The fraction of sp³-hybridized carbons (Fsp3) is 0.316. The summed E-state index contributed by atoms with van der Waals surface area (Å²) in [5.41, 5.74) is 1.98. The Morgan fingerprint density at radius 2 is 2.11 bits per heavy atom. The van der Waals surface area contributed by atoms with Gasteiger partial charge in [0.25, 0.3) is 11.8 Å². The Kier molecular flexibility index (Phi) is 4.64. The third-order valence-corrected chi connectivity index (χ3v) is 4.82. The van der Waals surface area contributed by atoms with Crippen molar-refractivity contribution in [1.29, 1.82) is 0 Å². The van der Waals surface area contributed by atoms with E-state index in [4.69, 9.17) is 0 Å². The van der Waals surface area contributed by atoms with Gasteiger partial charge in [0.05, 0.1) is 6.20 Å². The minimum absolute atomic E-state index is 0.0274. The number of hydrogen-bond donors (Lipinski definition) is 2. The molecule has 0 saturated carbocycles. The molecule has 1 aliphatic rings. The van der Waals surface area contributed by atoms with Crippen molar-refractivity contribution in [2.45, 2.75) is 32.4 Å². The van der Waals surface area contributed by atoms with E-state index < -0.39 is 11.9 Å². The fourth-order valence-electron chi connectivity index (χ4n) is 3.41. The molecule has 2 amide bonds. The quantitative estimate of drug-likeness (QED) is 0.705. The number of rotatable bonds is 4. The van der Waals surface area contributed by atoms with Gasteiger partial charge >= 0.3 is 0 Å². The number of anilines is 1. The molecule has 1 atom stereocenters. The Morgan fingerprint density at radius 1 is 1.32 bits per heavy atom. The van der Waals surface area contributed by atoms with Crippen LogP contribution < -0.4 is 10.2 Å². The Labute approximate surface area is 161 Å². The number of benzene rings is 1. The lowest BCUT2D eigenvalue weighted by Crippen LogP contribution is -2.47. The fourth-order valence-corrected chi connectivity index (χ4v) is 3.41. The summed E-state index contributed by atoms with van der Waals surface area (Å²) in [5.74, 6) is 0.718. The van der Waals surface area contributed by atoms with Crippen LogP contribution >= 0.6 is 0 Å². The number of carbonyl (C=O) groups is 2. The van der Waals surface area contributed by atoms with Gasteiger partial charge in [0, 0.05) is 25.6 Å². The molecule has 0 spiro atoms. The molecule has 3 aromatic rings. The number of amides is 2. The summed E-state index contributed by atoms with van der Waals surface area (Å²) < 4.78 is 1.78. The van der Waals surface area contributed by atoms with Gasteiger partial charge in [-0.1, -0.05) is 30.3 Å². The van der Waals surface area contributed by atoms with Crippen LogP contribution in [0.4, 0.5) is 5.82 Å². The summed E-state index contributed by atoms with van der Waals surface area (Å²) >= 11 is 0.